The Morgan fingerprint density at radius 3 is 2.30 bits per heavy atom. The van der Waals surface area contributed by atoms with Crippen LogP contribution in [0.15, 0.2) is 23.2 Å². The quantitative estimate of drug-likeness (QED) is 0.315. The van der Waals surface area contributed by atoms with E-state index in [2.05, 4.69) is 25.4 Å². The van der Waals surface area contributed by atoms with E-state index in [4.69, 9.17) is 5.73 Å². The summed E-state index contributed by atoms with van der Waals surface area (Å²) in [5.41, 5.74) is 9.96. The summed E-state index contributed by atoms with van der Waals surface area (Å²) < 4.78 is 22.9. The van der Waals surface area contributed by atoms with Crippen LogP contribution in [0.3, 0.4) is 0 Å². The number of aliphatic hydroxyl groups is 1. The first-order valence-electron chi connectivity index (χ1n) is 12.4. The molecule has 0 amide bonds. The Labute approximate surface area is 216 Å². The molecule has 0 atom stereocenters. The van der Waals surface area contributed by atoms with Gasteiger partial charge in [0.15, 0.2) is 5.82 Å². The van der Waals surface area contributed by atoms with Crippen LogP contribution in [0, 0.1) is 6.92 Å². The lowest BCUT2D eigenvalue weighted by Crippen LogP contribution is -2.26. The standard InChI is InChI=1S/C16H19N7O.C7H14O.C3H6F2/c1-8(2)19-11-5-6-12(20-9(11)3)10-7-13(24)23-14(10)15(18-4)21-16(17)22-23;1-7(8)5-3-2-4-6-7;1-2-3(4)5/h5-7,24H,1-4H3,(H3,17,18,21,22);8H,2-6H2,1H3;3H,2H2,1H3. The number of rotatable bonds is 4. The van der Waals surface area contributed by atoms with Crippen LogP contribution >= 0.6 is 0 Å². The molecule has 4 rings (SSSR count). The van der Waals surface area contributed by atoms with Gasteiger partial charge in [-0.25, -0.2) is 8.78 Å². The monoisotopic (exact) mass is 519 g/mol. The second kappa shape index (κ2) is 13.3. The second-order valence-corrected chi connectivity index (χ2v) is 9.46. The van der Waals surface area contributed by atoms with E-state index in [0.717, 1.165) is 29.9 Å². The Hall–Kier alpha value is -3.34. The van der Waals surface area contributed by atoms with E-state index >= 15 is 0 Å². The Kier molecular flexibility index (Phi) is 10.7. The van der Waals surface area contributed by atoms with Gasteiger partial charge in [0.2, 0.25) is 18.3 Å². The van der Waals surface area contributed by atoms with Gasteiger partial charge in [0.1, 0.15) is 5.52 Å². The van der Waals surface area contributed by atoms with Gasteiger partial charge in [-0.15, -0.1) is 5.10 Å². The Morgan fingerprint density at radius 1 is 1.22 bits per heavy atom. The van der Waals surface area contributed by atoms with Crippen molar-refractivity contribution in [2.24, 2.45) is 4.99 Å². The highest BCUT2D eigenvalue weighted by molar-refractivity contribution is 5.89. The summed E-state index contributed by atoms with van der Waals surface area (Å²) in [5.74, 6) is 0.553. The van der Waals surface area contributed by atoms with Crippen molar-refractivity contribution in [3.05, 3.63) is 23.9 Å². The second-order valence-electron chi connectivity index (χ2n) is 9.46. The van der Waals surface area contributed by atoms with E-state index < -0.39 is 6.43 Å². The first-order chi connectivity index (χ1) is 17.4. The van der Waals surface area contributed by atoms with E-state index in [1.54, 1.807) is 13.1 Å². The van der Waals surface area contributed by atoms with Gasteiger partial charge >= 0.3 is 0 Å². The maximum Gasteiger partial charge on any atom is 0.240 e. The zero-order valence-corrected chi connectivity index (χ0v) is 22.5. The number of pyridine rings is 1. The lowest BCUT2D eigenvalue weighted by Gasteiger charge is -2.27. The number of nitrogen functional groups attached to an aromatic ring is 1. The van der Waals surface area contributed by atoms with Gasteiger partial charge in [-0.1, -0.05) is 26.2 Å². The molecule has 11 heteroatoms. The number of nitrogens with two attached hydrogens (primary N) is 1. The number of aromatic hydroxyl groups is 1. The SMILES string of the molecule is CC1(O)CCCCC1.CCC(F)F.CNc1nc(N)nn2c(O)cc(-c3ccc(N=C(C)C)c(C)n3)c12. The summed E-state index contributed by atoms with van der Waals surface area (Å²) in [6.07, 6.45) is 3.62. The lowest BCUT2D eigenvalue weighted by atomic mass is 9.87. The van der Waals surface area contributed by atoms with Crippen molar-refractivity contribution in [1.82, 2.24) is 19.6 Å². The van der Waals surface area contributed by atoms with E-state index in [0.29, 0.717) is 22.6 Å². The summed E-state index contributed by atoms with van der Waals surface area (Å²) in [6.45, 7) is 9.16. The molecule has 204 valence electrons. The van der Waals surface area contributed by atoms with Crippen molar-refractivity contribution < 1.29 is 19.0 Å². The number of hydrogen-bond acceptors (Lipinski definition) is 8. The van der Waals surface area contributed by atoms with Crippen LogP contribution in [0.2, 0.25) is 0 Å². The maximum absolute atomic E-state index is 10.8. The Morgan fingerprint density at radius 2 is 1.84 bits per heavy atom. The summed E-state index contributed by atoms with van der Waals surface area (Å²) in [6, 6.07) is 5.36. The topological polar surface area (TPSA) is 134 Å². The van der Waals surface area contributed by atoms with Crippen LogP contribution in [-0.4, -0.2) is 54.6 Å². The Bertz CT molecular complexity index is 1200. The van der Waals surface area contributed by atoms with E-state index in [1.165, 1.54) is 30.7 Å². The summed E-state index contributed by atoms with van der Waals surface area (Å²) in [5, 5.41) is 26.6. The highest BCUT2D eigenvalue weighted by atomic mass is 19.3. The normalized spacial score (nSPS) is 14.3. The van der Waals surface area contributed by atoms with Crippen LogP contribution < -0.4 is 11.1 Å². The molecule has 37 heavy (non-hydrogen) atoms. The first-order valence-corrected chi connectivity index (χ1v) is 12.4. The molecule has 3 aromatic rings. The van der Waals surface area contributed by atoms with Crippen molar-refractivity contribution >= 4 is 28.7 Å². The number of hydrogen-bond donors (Lipinski definition) is 4. The molecule has 0 saturated heterocycles. The first kappa shape index (κ1) is 29.9. The third-order valence-electron chi connectivity index (χ3n) is 5.76. The van der Waals surface area contributed by atoms with Crippen LogP contribution in [0.5, 0.6) is 5.88 Å². The molecule has 0 aliphatic heterocycles. The van der Waals surface area contributed by atoms with Crippen LogP contribution in [-0.2, 0) is 0 Å². The summed E-state index contributed by atoms with van der Waals surface area (Å²) in [4.78, 5) is 13.2. The number of alkyl halides is 2. The minimum absolute atomic E-state index is 0.0278. The molecular weight excluding hydrogens is 480 g/mol. The average molecular weight is 520 g/mol. The molecule has 0 spiro atoms. The molecule has 1 saturated carbocycles. The van der Waals surface area contributed by atoms with Gasteiger partial charge in [0, 0.05) is 30.8 Å². The zero-order valence-electron chi connectivity index (χ0n) is 22.5. The van der Waals surface area contributed by atoms with Crippen molar-refractivity contribution in [3.8, 4) is 17.1 Å². The van der Waals surface area contributed by atoms with Gasteiger partial charge in [-0.2, -0.15) is 9.50 Å². The molecule has 0 radical (unpaired) electrons. The van der Waals surface area contributed by atoms with E-state index in [-0.39, 0.29) is 23.9 Å². The van der Waals surface area contributed by atoms with Crippen molar-refractivity contribution in [2.45, 2.75) is 85.2 Å². The molecule has 3 heterocycles. The molecule has 1 aliphatic carbocycles. The van der Waals surface area contributed by atoms with Crippen LogP contribution in [0.4, 0.5) is 26.2 Å². The number of fused-ring (bicyclic) bond motifs is 1. The molecule has 0 aromatic carbocycles. The van der Waals surface area contributed by atoms with Gasteiger partial charge in [-0.05, 0) is 52.7 Å². The molecule has 1 fully saturated rings. The summed E-state index contributed by atoms with van der Waals surface area (Å²) in [7, 11) is 1.73. The number of nitrogens with zero attached hydrogens (tertiary/aromatic N) is 5. The van der Waals surface area contributed by atoms with E-state index in [1.807, 2.05) is 39.8 Å². The number of halogens is 2. The lowest BCUT2D eigenvalue weighted by molar-refractivity contribution is 0.0225. The molecular formula is C26H39F2N7O2. The summed E-state index contributed by atoms with van der Waals surface area (Å²) >= 11 is 0. The minimum Gasteiger partial charge on any atom is -0.493 e. The number of aromatic nitrogens is 4. The molecule has 0 unspecified atom stereocenters. The molecule has 0 bridgehead atoms. The predicted octanol–water partition coefficient (Wildman–Crippen LogP) is 5.90. The zero-order chi connectivity index (χ0) is 27.8. The van der Waals surface area contributed by atoms with E-state index in [9.17, 15) is 19.0 Å². The maximum atomic E-state index is 10.8. The highest BCUT2D eigenvalue weighted by Crippen LogP contribution is 2.34. The number of anilines is 2. The van der Waals surface area contributed by atoms with Gasteiger partial charge in [0.05, 0.1) is 22.7 Å². The third kappa shape index (κ3) is 8.63. The minimum atomic E-state index is -2.12. The molecule has 9 nitrogen and oxygen atoms in total. The third-order valence-corrected chi connectivity index (χ3v) is 5.76. The van der Waals surface area contributed by atoms with Crippen molar-refractivity contribution in [1.29, 1.82) is 0 Å². The fraction of sp³-hybridized carbons (Fsp3) is 0.538. The fourth-order valence-corrected chi connectivity index (χ4v) is 3.85. The smallest absolute Gasteiger partial charge is 0.240 e. The van der Waals surface area contributed by atoms with Crippen molar-refractivity contribution in [3.63, 3.8) is 0 Å². The average Bonchev–Trinajstić information content (AvgIpc) is 3.16. The van der Waals surface area contributed by atoms with Crippen molar-refractivity contribution in [2.75, 3.05) is 18.1 Å². The molecule has 1 aliphatic rings. The number of aryl methyl sites for hydroxylation is 1. The molecule has 3 aromatic heterocycles. The van der Waals surface area contributed by atoms with Gasteiger partial charge < -0.3 is 21.3 Å². The number of nitrogens with one attached hydrogen (secondary N) is 1. The number of aliphatic imine (C=N–C) groups is 1. The van der Waals surface area contributed by atoms with Crippen LogP contribution in [0.1, 0.15) is 71.9 Å². The van der Waals surface area contributed by atoms with Gasteiger partial charge in [0.25, 0.3) is 0 Å². The largest absolute Gasteiger partial charge is 0.493 e. The Balaban J connectivity index is 0.000000304. The fourth-order valence-electron chi connectivity index (χ4n) is 3.85. The molecule has 5 N–H and O–H groups in total. The van der Waals surface area contributed by atoms with Gasteiger partial charge in [-0.3, -0.25) is 9.98 Å². The highest BCUT2D eigenvalue weighted by Gasteiger charge is 2.22. The van der Waals surface area contributed by atoms with Crippen LogP contribution in [0.25, 0.3) is 16.8 Å². The predicted molar refractivity (Wildman–Crippen MR) is 145 cm³/mol.